The molecule has 18 heavy (non-hydrogen) atoms. The minimum absolute atomic E-state index is 0.0271. The molecule has 0 saturated heterocycles. The third kappa shape index (κ3) is 2.14. The van der Waals surface area contributed by atoms with Gasteiger partial charge in [-0.15, -0.1) is 0 Å². The number of halogens is 2. The predicted molar refractivity (Wildman–Crippen MR) is 69.7 cm³/mol. The van der Waals surface area contributed by atoms with Crippen LogP contribution in [-0.4, -0.2) is 6.61 Å². The van der Waals surface area contributed by atoms with Crippen molar-refractivity contribution >= 4 is 17.3 Å². The first kappa shape index (κ1) is 11.4. The topological polar surface area (TPSA) is 21.3 Å². The minimum Gasteiger partial charge on any atom is -0.489 e. The van der Waals surface area contributed by atoms with Crippen LogP contribution < -0.4 is 10.1 Å². The van der Waals surface area contributed by atoms with Gasteiger partial charge in [-0.25, -0.2) is 4.39 Å². The van der Waals surface area contributed by atoms with Crippen molar-refractivity contribution < 1.29 is 9.13 Å². The highest BCUT2D eigenvalue weighted by Gasteiger charge is 2.20. The molecule has 92 valence electrons. The van der Waals surface area contributed by atoms with Crippen LogP contribution in [0.1, 0.15) is 11.6 Å². The Morgan fingerprint density at radius 1 is 1.17 bits per heavy atom. The van der Waals surface area contributed by atoms with Gasteiger partial charge in [-0.1, -0.05) is 23.7 Å². The summed E-state index contributed by atoms with van der Waals surface area (Å²) in [7, 11) is 0. The van der Waals surface area contributed by atoms with Gasteiger partial charge in [0.15, 0.2) is 0 Å². The van der Waals surface area contributed by atoms with Crippen LogP contribution in [0.2, 0.25) is 5.02 Å². The van der Waals surface area contributed by atoms with E-state index in [-0.39, 0.29) is 11.9 Å². The molecule has 0 bridgehead atoms. The molecule has 0 saturated carbocycles. The summed E-state index contributed by atoms with van der Waals surface area (Å²) in [5.41, 5.74) is 1.90. The molecule has 0 amide bonds. The molecular formula is C14H11ClFNO. The normalized spacial score (nSPS) is 17.6. The van der Waals surface area contributed by atoms with E-state index in [0.29, 0.717) is 11.6 Å². The van der Waals surface area contributed by atoms with Crippen LogP contribution in [-0.2, 0) is 0 Å². The number of ether oxygens (including phenoxy) is 1. The third-order valence-electron chi connectivity index (χ3n) is 2.95. The van der Waals surface area contributed by atoms with Crippen LogP contribution in [0.5, 0.6) is 5.75 Å². The van der Waals surface area contributed by atoms with Gasteiger partial charge in [0.1, 0.15) is 18.2 Å². The summed E-state index contributed by atoms with van der Waals surface area (Å²) in [6.45, 7) is 0.499. The van der Waals surface area contributed by atoms with E-state index in [2.05, 4.69) is 5.32 Å². The first-order valence-corrected chi connectivity index (χ1v) is 6.04. The first-order valence-electron chi connectivity index (χ1n) is 5.67. The van der Waals surface area contributed by atoms with E-state index in [9.17, 15) is 4.39 Å². The van der Waals surface area contributed by atoms with Crippen molar-refractivity contribution in [2.24, 2.45) is 0 Å². The largest absolute Gasteiger partial charge is 0.489 e. The van der Waals surface area contributed by atoms with Gasteiger partial charge >= 0.3 is 0 Å². The van der Waals surface area contributed by atoms with Gasteiger partial charge in [0.25, 0.3) is 0 Å². The van der Waals surface area contributed by atoms with Crippen LogP contribution in [0.15, 0.2) is 42.5 Å². The lowest BCUT2D eigenvalue weighted by Crippen LogP contribution is -2.23. The predicted octanol–water partition coefficient (Wildman–Crippen LogP) is 4.02. The van der Waals surface area contributed by atoms with Crippen LogP contribution in [0.25, 0.3) is 0 Å². The lowest BCUT2D eigenvalue weighted by molar-refractivity contribution is 0.286. The summed E-state index contributed by atoms with van der Waals surface area (Å²) in [6, 6.07) is 11.9. The fourth-order valence-corrected chi connectivity index (χ4v) is 2.17. The van der Waals surface area contributed by atoms with Crippen LogP contribution in [0.3, 0.4) is 0 Å². The zero-order valence-electron chi connectivity index (χ0n) is 9.49. The monoisotopic (exact) mass is 263 g/mol. The molecule has 0 fully saturated rings. The minimum atomic E-state index is -0.234. The molecule has 0 spiro atoms. The van der Waals surface area contributed by atoms with E-state index in [0.717, 1.165) is 17.0 Å². The molecule has 0 aliphatic carbocycles. The molecule has 1 aliphatic rings. The van der Waals surface area contributed by atoms with Gasteiger partial charge in [-0.2, -0.15) is 0 Å². The highest BCUT2D eigenvalue weighted by Crippen LogP contribution is 2.35. The second kappa shape index (κ2) is 4.50. The number of nitrogens with one attached hydrogen (secondary N) is 1. The van der Waals surface area contributed by atoms with E-state index in [4.69, 9.17) is 16.3 Å². The zero-order valence-corrected chi connectivity index (χ0v) is 10.2. The van der Waals surface area contributed by atoms with Crippen molar-refractivity contribution in [1.29, 1.82) is 0 Å². The summed E-state index contributed by atoms with van der Waals surface area (Å²) < 4.78 is 18.5. The van der Waals surface area contributed by atoms with E-state index in [1.807, 2.05) is 12.1 Å². The summed E-state index contributed by atoms with van der Waals surface area (Å²) in [4.78, 5) is 0. The molecule has 2 aromatic rings. The van der Waals surface area contributed by atoms with Gasteiger partial charge in [-0.05, 0) is 29.8 Å². The number of rotatable bonds is 1. The van der Waals surface area contributed by atoms with E-state index in [1.165, 1.54) is 12.1 Å². The fraction of sp³-hybridized carbons (Fsp3) is 0.143. The van der Waals surface area contributed by atoms with Crippen molar-refractivity contribution in [3.63, 3.8) is 0 Å². The number of anilines is 1. The molecule has 3 rings (SSSR count). The maximum atomic E-state index is 12.9. The summed E-state index contributed by atoms with van der Waals surface area (Å²) in [5.74, 6) is 0.517. The van der Waals surface area contributed by atoms with Crippen LogP contribution in [0, 0.1) is 5.82 Å². The fourth-order valence-electron chi connectivity index (χ4n) is 2.01. The molecular weight excluding hydrogens is 253 g/mol. The highest BCUT2D eigenvalue weighted by molar-refractivity contribution is 6.30. The molecule has 2 nitrogen and oxygen atoms in total. The van der Waals surface area contributed by atoms with Crippen LogP contribution >= 0.6 is 11.6 Å². The lowest BCUT2D eigenvalue weighted by atomic mass is 10.1. The second-order valence-corrected chi connectivity index (χ2v) is 4.64. The molecule has 1 aliphatic heterocycles. The quantitative estimate of drug-likeness (QED) is 0.839. The highest BCUT2D eigenvalue weighted by atomic mass is 35.5. The van der Waals surface area contributed by atoms with Crippen molar-refractivity contribution in [3.8, 4) is 5.75 Å². The average Bonchev–Trinajstić information content (AvgIpc) is 2.39. The van der Waals surface area contributed by atoms with Crippen molar-refractivity contribution in [2.75, 3.05) is 11.9 Å². The smallest absolute Gasteiger partial charge is 0.144 e. The number of fused-ring (bicyclic) bond motifs is 1. The Kier molecular flexibility index (Phi) is 2.84. The van der Waals surface area contributed by atoms with Gasteiger partial charge in [0.05, 0.1) is 11.7 Å². The van der Waals surface area contributed by atoms with Crippen molar-refractivity contribution in [2.45, 2.75) is 6.04 Å². The Hall–Kier alpha value is -1.74. The molecule has 4 heteroatoms. The van der Waals surface area contributed by atoms with Gasteiger partial charge in [0, 0.05) is 11.1 Å². The molecule has 1 N–H and O–H groups in total. The molecule has 1 atom stereocenters. The average molecular weight is 264 g/mol. The Morgan fingerprint density at radius 2 is 1.94 bits per heavy atom. The first-order chi connectivity index (χ1) is 8.72. The van der Waals surface area contributed by atoms with Crippen molar-refractivity contribution in [3.05, 3.63) is 58.9 Å². The third-order valence-corrected chi connectivity index (χ3v) is 3.19. The maximum Gasteiger partial charge on any atom is 0.144 e. The molecule has 0 radical (unpaired) electrons. The standard InChI is InChI=1S/C14H11ClFNO/c15-10-3-6-12-14(7-10)18-8-13(17-12)9-1-4-11(16)5-2-9/h1-7,13,17H,8H2. The van der Waals surface area contributed by atoms with Gasteiger partial charge in [-0.3, -0.25) is 0 Å². The lowest BCUT2D eigenvalue weighted by Gasteiger charge is -2.27. The second-order valence-electron chi connectivity index (χ2n) is 4.20. The number of hydrogen-bond acceptors (Lipinski definition) is 2. The summed E-state index contributed by atoms with van der Waals surface area (Å²) in [5, 5.41) is 4.00. The molecule has 2 aromatic carbocycles. The Balaban J connectivity index is 1.86. The number of hydrogen-bond donors (Lipinski definition) is 1. The molecule has 1 heterocycles. The molecule has 0 aromatic heterocycles. The zero-order chi connectivity index (χ0) is 12.5. The van der Waals surface area contributed by atoms with Gasteiger partial charge < -0.3 is 10.1 Å². The van der Waals surface area contributed by atoms with E-state index < -0.39 is 0 Å². The Bertz CT molecular complexity index is 571. The van der Waals surface area contributed by atoms with E-state index >= 15 is 0 Å². The summed E-state index contributed by atoms with van der Waals surface area (Å²) in [6.07, 6.45) is 0. The van der Waals surface area contributed by atoms with Crippen molar-refractivity contribution in [1.82, 2.24) is 0 Å². The van der Waals surface area contributed by atoms with Crippen LogP contribution in [0.4, 0.5) is 10.1 Å². The summed E-state index contributed by atoms with van der Waals surface area (Å²) >= 11 is 5.90. The van der Waals surface area contributed by atoms with E-state index in [1.54, 1.807) is 18.2 Å². The Morgan fingerprint density at radius 3 is 2.72 bits per heavy atom. The maximum absolute atomic E-state index is 12.9. The SMILES string of the molecule is Fc1ccc(C2COc3cc(Cl)ccc3N2)cc1. The van der Waals surface area contributed by atoms with Gasteiger partial charge in [0.2, 0.25) is 0 Å². The number of benzene rings is 2. The Labute approximate surface area is 109 Å². The molecule has 1 unspecified atom stereocenters.